The number of carbonyl (C=O) groups is 1. The first-order chi connectivity index (χ1) is 13.9. The number of anilines is 1. The van der Waals surface area contributed by atoms with Crippen molar-refractivity contribution in [2.45, 2.75) is 18.9 Å². The normalized spacial score (nSPS) is 16.5. The van der Waals surface area contributed by atoms with Crippen molar-refractivity contribution in [1.82, 2.24) is 15.0 Å². The zero-order valence-electron chi connectivity index (χ0n) is 16.1. The Balaban J connectivity index is 1.46. The highest BCUT2D eigenvalue weighted by Gasteiger charge is 2.33. The zero-order chi connectivity index (χ0) is 20.5. The summed E-state index contributed by atoms with van der Waals surface area (Å²) >= 11 is 5.83. The van der Waals surface area contributed by atoms with Gasteiger partial charge >= 0.3 is 0 Å². The van der Waals surface area contributed by atoms with Crippen LogP contribution in [0.4, 0.5) is 10.1 Å². The second-order valence-corrected chi connectivity index (χ2v) is 7.73. The molecular formula is C21H20ClFN4O2. The number of halogens is 2. The molecule has 0 bridgehead atoms. The molecule has 1 saturated heterocycles. The van der Waals surface area contributed by atoms with Crippen LogP contribution in [0, 0.1) is 5.82 Å². The van der Waals surface area contributed by atoms with E-state index in [-0.39, 0.29) is 16.8 Å². The highest BCUT2D eigenvalue weighted by atomic mass is 35.5. The molecule has 1 aliphatic heterocycles. The lowest BCUT2D eigenvalue weighted by atomic mass is 10.1. The predicted molar refractivity (Wildman–Crippen MR) is 108 cm³/mol. The minimum Gasteiger partial charge on any atom is -0.378 e. The number of benzene rings is 2. The van der Waals surface area contributed by atoms with E-state index in [1.807, 2.05) is 43.3 Å². The number of likely N-dealkylation sites (tertiary alicyclic amines) is 1. The average Bonchev–Trinajstić information content (AvgIpc) is 3.32. The molecule has 1 fully saturated rings. The summed E-state index contributed by atoms with van der Waals surface area (Å²) in [4.78, 5) is 20.6. The monoisotopic (exact) mass is 414 g/mol. The molecule has 1 atom stereocenters. The maximum Gasteiger partial charge on any atom is 0.257 e. The third-order valence-corrected chi connectivity index (χ3v) is 5.30. The van der Waals surface area contributed by atoms with Crippen molar-refractivity contribution in [2.24, 2.45) is 0 Å². The molecule has 1 amide bonds. The van der Waals surface area contributed by atoms with E-state index < -0.39 is 5.82 Å². The smallest absolute Gasteiger partial charge is 0.257 e. The van der Waals surface area contributed by atoms with Crippen LogP contribution in [-0.4, -0.2) is 41.6 Å². The maximum atomic E-state index is 13.3. The molecule has 1 unspecified atom stereocenters. The van der Waals surface area contributed by atoms with Crippen LogP contribution in [0.2, 0.25) is 5.02 Å². The number of aromatic nitrogens is 2. The molecule has 0 N–H and O–H groups in total. The van der Waals surface area contributed by atoms with Gasteiger partial charge in [-0.15, -0.1) is 0 Å². The molecule has 0 spiro atoms. The third kappa shape index (κ3) is 4.10. The molecule has 8 heteroatoms. The molecule has 3 aromatic rings. The van der Waals surface area contributed by atoms with Crippen LogP contribution in [0.1, 0.15) is 23.7 Å². The van der Waals surface area contributed by atoms with Crippen LogP contribution in [-0.2, 0) is 11.3 Å². The van der Waals surface area contributed by atoms with Gasteiger partial charge in [0.15, 0.2) is 5.82 Å². The van der Waals surface area contributed by atoms with Crippen molar-refractivity contribution in [3.63, 3.8) is 0 Å². The summed E-state index contributed by atoms with van der Waals surface area (Å²) in [6.07, 6.45) is 0.313. The van der Waals surface area contributed by atoms with Gasteiger partial charge in [0.1, 0.15) is 5.82 Å². The first kappa shape index (κ1) is 19.4. The highest BCUT2D eigenvalue weighted by Crippen LogP contribution is 2.30. The summed E-state index contributed by atoms with van der Waals surface area (Å²) in [5.41, 5.74) is 2.68. The second kappa shape index (κ2) is 7.83. The fourth-order valence-corrected chi connectivity index (χ4v) is 3.58. The Morgan fingerprint density at radius 1 is 1.24 bits per heavy atom. The quantitative estimate of drug-likeness (QED) is 0.628. The van der Waals surface area contributed by atoms with Gasteiger partial charge in [-0.1, -0.05) is 22.8 Å². The average molecular weight is 415 g/mol. The van der Waals surface area contributed by atoms with Crippen LogP contribution in [0.25, 0.3) is 11.5 Å². The molecule has 29 heavy (non-hydrogen) atoms. The molecule has 4 rings (SSSR count). The molecule has 0 saturated carbocycles. The molecule has 1 aliphatic rings. The summed E-state index contributed by atoms with van der Waals surface area (Å²) in [5.74, 6) is 0.333. The van der Waals surface area contributed by atoms with Crippen LogP contribution in [0.3, 0.4) is 0 Å². The minimum atomic E-state index is -0.473. The van der Waals surface area contributed by atoms with Crippen molar-refractivity contribution >= 4 is 23.2 Å². The lowest BCUT2D eigenvalue weighted by Crippen LogP contribution is -2.24. The lowest BCUT2D eigenvalue weighted by molar-refractivity contribution is -0.128. The Bertz CT molecular complexity index is 1040. The molecular weight excluding hydrogens is 395 g/mol. The van der Waals surface area contributed by atoms with E-state index in [9.17, 15) is 9.18 Å². The number of carbonyl (C=O) groups excluding carboxylic acids is 1. The fourth-order valence-electron chi connectivity index (χ4n) is 3.38. The molecule has 1 aromatic heterocycles. The number of rotatable bonds is 5. The Morgan fingerprint density at radius 2 is 2.00 bits per heavy atom. The van der Waals surface area contributed by atoms with Gasteiger partial charge in [0.05, 0.1) is 5.02 Å². The molecule has 6 nitrogen and oxygen atoms in total. The first-order valence-corrected chi connectivity index (χ1v) is 9.61. The van der Waals surface area contributed by atoms with Gasteiger partial charge in [-0.2, -0.15) is 4.98 Å². The van der Waals surface area contributed by atoms with Crippen molar-refractivity contribution < 1.29 is 13.7 Å². The fraction of sp³-hybridized carbons (Fsp3) is 0.286. The Kier molecular flexibility index (Phi) is 5.24. The van der Waals surface area contributed by atoms with E-state index in [2.05, 4.69) is 10.1 Å². The van der Waals surface area contributed by atoms with Gasteiger partial charge < -0.3 is 14.3 Å². The van der Waals surface area contributed by atoms with Crippen molar-refractivity contribution in [3.05, 3.63) is 64.7 Å². The van der Waals surface area contributed by atoms with E-state index in [4.69, 9.17) is 16.1 Å². The van der Waals surface area contributed by atoms with E-state index in [0.29, 0.717) is 31.2 Å². The summed E-state index contributed by atoms with van der Waals surface area (Å²) in [7, 11) is 3.95. The maximum absolute atomic E-state index is 13.3. The van der Waals surface area contributed by atoms with Gasteiger partial charge in [-0.05, 0) is 42.0 Å². The van der Waals surface area contributed by atoms with Crippen LogP contribution >= 0.6 is 11.6 Å². The Morgan fingerprint density at radius 3 is 2.69 bits per heavy atom. The first-order valence-electron chi connectivity index (χ1n) is 9.24. The van der Waals surface area contributed by atoms with Crippen LogP contribution in [0.5, 0.6) is 0 Å². The van der Waals surface area contributed by atoms with Gasteiger partial charge in [0, 0.05) is 50.8 Å². The topological polar surface area (TPSA) is 62.5 Å². The molecule has 150 valence electrons. The van der Waals surface area contributed by atoms with Gasteiger partial charge in [0.2, 0.25) is 5.91 Å². The summed E-state index contributed by atoms with van der Waals surface area (Å²) in [6.45, 7) is 0.846. The standard InChI is InChI=1S/C21H20ClFN4O2/c1-26(2)16-6-4-14(5-7-16)21-24-20(25-29-21)15-10-19(28)27(12-15)11-13-3-8-18(23)17(22)9-13/h3-9,15H,10-12H2,1-2H3. The van der Waals surface area contributed by atoms with E-state index >= 15 is 0 Å². The Labute approximate surface area is 172 Å². The number of amides is 1. The number of nitrogens with zero attached hydrogens (tertiary/aromatic N) is 4. The Hall–Kier alpha value is -2.93. The van der Waals surface area contributed by atoms with Crippen molar-refractivity contribution in [2.75, 3.05) is 25.5 Å². The highest BCUT2D eigenvalue weighted by molar-refractivity contribution is 6.30. The van der Waals surface area contributed by atoms with Gasteiger partial charge in [0.25, 0.3) is 5.89 Å². The zero-order valence-corrected chi connectivity index (χ0v) is 16.9. The van der Waals surface area contributed by atoms with Gasteiger partial charge in [-0.3, -0.25) is 4.79 Å². The lowest BCUT2D eigenvalue weighted by Gasteiger charge is -2.16. The SMILES string of the molecule is CN(C)c1ccc(-c2nc(C3CC(=O)N(Cc4ccc(F)c(Cl)c4)C3)no2)cc1. The van der Waals surface area contributed by atoms with Crippen LogP contribution in [0.15, 0.2) is 47.0 Å². The van der Waals surface area contributed by atoms with Crippen molar-refractivity contribution in [3.8, 4) is 11.5 Å². The third-order valence-electron chi connectivity index (χ3n) is 5.01. The molecule has 0 aliphatic carbocycles. The van der Waals surface area contributed by atoms with Crippen LogP contribution < -0.4 is 4.90 Å². The molecule has 2 aromatic carbocycles. The summed E-state index contributed by atoms with van der Waals surface area (Å²) in [5, 5.41) is 4.14. The summed E-state index contributed by atoms with van der Waals surface area (Å²) < 4.78 is 18.8. The van der Waals surface area contributed by atoms with Crippen molar-refractivity contribution in [1.29, 1.82) is 0 Å². The van der Waals surface area contributed by atoms with Gasteiger partial charge in [-0.25, -0.2) is 4.39 Å². The van der Waals surface area contributed by atoms with E-state index in [0.717, 1.165) is 16.8 Å². The largest absolute Gasteiger partial charge is 0.378 e. The summed E-state index contributed by atoms with van der Waals surface area (Å²) in [6, 6.07) is 12.3. The minimum absolute atomic E-state index is 0.00265. The molecule has 0 radical (unpaired) electrons. The van der Waals surface area contributed by atoms with E-state index in [1.54, 1.807) is 17.0 Å². The second-order valence-electron chi connectivity index (χ2n) is 7.32. The number of hydrogen-bond acceptors (Lipinski definition) is 5. The van der Waals surface area contributed by atoms with E-state index in [1.165, 1.54) is 6.07 Å². The molecule has 2 heterocycles. The number of hydrogen-bond donors (Lipinski definition) is 0. The predicted octanol–water partition coefficient (Wildman–Crippen LogP) is 4.11.